The quantitative estimate of drug-likeness (QED) is 0.371. The van der Waals surface area contributed by atoms with Gasteiger partial charge in [-0.1, -0.05) is 84.9 Å². The lowest BCUT2D eigenvalue weighted by Gasteiger charge is -2.21. The highest BCUT2D eigenvalue weighted by Crippen LogP contribution is 2.43. The van der Waals surface area contributed by atoms with E-state index >= 15 is 0 Å². The molecule has 2 heteroatoms. The fraction of sp³-hybridized carbons (Fsp3) is 0.0370. The van der Waals surface area contributed by atoms with Crippen LogP contribution in [0.4, 0.5) is 0 Å². The Labute approximate surface area is 168 Å². The Balaban J connectivity index is 1.61. The number of carbonyl (C=O) groups excluding carboxylic acids is 2. The van der Waals surface area contributed by atoms with Crippen molar-refractivity contribution >= 4 is 11.6 Å². The van der Waals surface area contributed by atoms with Gasteiger partial charge in [-0.05, 0) is 39.8 Å². The minimum Gasteiger partial charge on any atom is -0.289 e. The van der Waals surface area contributed by atoms with Gasteiger partial charge in [-0.25, -0.2) is 0 Å². The van der Waals surface area contributed by atoms with Gasteiger partial charge in [0.05, 0.1) is 0 Å². The molecular formula is C27H16O2. The van der Waals surface area contributed by atoms with E-state index in [1.165, 1.54) is 22.3 Å². The number of benzene rings is 4. The van der Waals surface area contributed by atoms with Crippen LogP contribution in [0.1, 0.15) is 43.0 Å². The van der Waals surface area contributed by atoms with E-state index in [0.29, 0.717) is 22.3 Å². The molecule has 2 aliphatic rings. The van der Waals surface area contributed by atoms with E-state index < -0.39 is 0 Å². The molecule has 6 rings (SSSR count). The SMILES string of the molecule is O=C1c2ccccc2C(=O)c2c1cccc2-c1cccc2c1Cc1ccccc1-2. The molecule has 0 heterocycles. The number of hydrogen-bond acceptors (Lipinski definition) is 2. The third-order valence-corrected chi connectivity index (χ3v) is 6.09. The van der Waals surface area contributed by atoms with Crippen LogP contribution in [0, 0.1) is 0 Å². The normalized spacial score (nSPS) is 13.5. The van der Waals surface area contributed by atoms with Crippen LogP contribution >= 0.6 is 0 Å². The van der Waals surface area contributed by atoms with Gasteiger partial charge in [-0.15, -0.1) is 0 Å². The number of ketones is 2. The van der Waals surface area contributed by atoms with Gasteiger partial charge in [0.2, 0.25) is 0 Å². The minimum atomic E-state index is -0.0760. The molecule has 2 aliphatic carbocycles. The third kappa shape index (κ3) is 2.17. The van der Waals surface area contributed by atoms with E-state index in [0.717, 1.165) is 17.5 Å². The first-order chi connectivity index (χ1) is 14.2. The Morgan fingerprint density at radius 1 is 0.448 bits per heavy atom. The van der Waals surface area contributed by atoms with Gasteiger partial charge in [0.15, 0.2) is 11.6 Å². The molecule has 0 aromatic heterocycles. The zero-order valence-electron chi connectivity index (χ0n) is 15.6. The molecule has 136 valence electrons. The second-order valence-electron chi connectivity index (χ2n) is 7.60. The second-order valence-corrected chi connectivity index (χ2v) is 7.60. The molecule has 0 saturated heterocycles. The predicted octanol–water partition coefficient (Wildman–Crippen LogP) is 5.70. The van der Waals surface area contributed by atoms with Crippen molar-refractivity contribution in [3.05, 3.63) is 118 Å². The molecule has 0 amide bonds. The van der Waals surface area contributed by atoms with Crippen LogP contribution in [-0.4, -0.2) is 11.6 Å². The maximum Gasteiger partial charge on any atom is 0.195 e. The average Bonchev–Trinajstić information content (AvgIpc) is 3.16. The zero-order valence-corrected chi connectivity index (χ0v) is 15.6. The molecule has 4 aromatic rings. The number of hydrogen-bond donors (Lipinski definition) is 0. The molecule has 0 bridgehead atoms. The first kappa shape index (κ1) is 16.2. The van der Waals surface area contributed by atoms with Crippen molar-refractivity contribution in [3.8, 4) is 22.3 Å². The van der Waals surface area contributed by atoms with Crippen LogP contribution in [0.25, 0.3) is 22.3 Å². The Morgan fingerprint density at radius 3 is 1.72 bits per heavy atom. The van der Waals surface area contributed by atoms with Crippen molar-refractivity contribution < 1.29 is 9.59 Å². The summed E-state index contributed by atoms with van der Waals surface area (Å²) >= 11 is 0. The topological polar surface area (TPSA) is 34.1 Å². The van der Waals surface area contributed by atoms with E-state index in [-0.39, 0.29) is 11.6 Å². The summed E-state index contributed by atoms with van der Waals surface area (Å²) in [5.41, 5.74) is 8.89. The van der Waals surface area contributed by atoms with Gasteiger partial charge < -0.3 is 0 Å². The van der Waals surface area contributed by atoms with Gasteiger partial charge in [0.25, 0.3) is 0 Å². The van der Waals surface area contributed by atoms with E-state index in [4.69, 9.17) is 0 Å². The monoisotopic (exact) mass is 372 g/mol. The lowest BCUT2D eigenvalue weighted by molar-refractivity contribution is 0.0979. The van der Waals surface area contributed by atoms with Gasteiger partial charge in [0.1, 0.15) is 0 Å². The molecule has 2 nitrogen and oxygen atoms in total. The van der Waals surface area contributed by atoms with Crippen molar-refractivity contribution in [1.29, 1.82) is 0 Å². The predicted molar refractivity (Wildman–Crippen MR) is 113 cm³/mol. The van der Waals surface area contributed by atoms with Crippen molar-refractivity contribution in [1.82, 2.24) is 0 Å². The largest absolute Gasteiger partial charge is 0.289 e. The molecule has 0 unspecified atom stereocenters. The summed E-state index contributed by atoms with van der Waals surface area (Å²) in [7, 11) is 0. The Hall–Kier alpha value is -3.78. The van der Waals surface area contributed by atoms with Crippen molar-refractivity contribution in [2.45, 2.75) is 6.42 Å². The lowest BCUT2D eigenvalue weighted by atomic mass is 9.79. The lowest BCUT2D eigenvalue weighted by Crippen LogP contribution is -2.21. The van der Waals surface area contributed by atoms with Crippen LogP contribution in [0.15, 0.2) is 84.9 Å². The van der Waals surface area contributed by atoms with Crippen LogP contribution in [0.5, 0.6) is 0 Å². The van der Waals surface area contributed by atoms with Crippen LogP contribution in [0.2, 0.25) is 0 Å². The zero-order chi connectivity index (χ0) is 19.5. The summed E-state index contributed by atoms with van der Waals surface area (Å²) < 4.78 is 0. The highest BCUT2D eigenvalue weighted by atomic mass is 16.1. The summed E-state index contributed by atoms with van der Waals surface area (Å²) in [4.78, 5) is 26.5. The molecule has 0 saturated carbocycles. The molecule has 29 heavy (non-hydrogen) atoms. The summed E-state index contributed by atoms with van der Waals surface area (Å²) in [6, 6.07) is 27.4. The first-order valence-electron chi connectivity index (χ1n) is 9.76. The van der Waals surface area contributed by atoms with E-state index in [9.17, 15) is 9.59 Å². The summed E-state index contributed by atoms with van der Waals surface area (Å²) in [5, 5.41) is 0. The van der Waals surface area contributed by atoms with Crippen molar-refractivity contribution in [2.24, 2.45) is 0 Å². The number of carbonyl (C=O) groups is 2. The Kier molecular flexibility index (Phi) is 3.27. The molecule has 0 N–H and O–H groups in total. The maximum absolute atomic E-state index is 13.4. The molecule has 0 spiro atoms. The molecule has 0 fully saturated rings. The Morgan fingerprint density at radius 2 is 0.966 bits per heavy atom. The second kappa shape index (κ2) is 5.86. The average molecular weight is 372 g/mol. The molecule has 0 aliphatic heterocycles. The van der Waals surface area contributed by atoms with E-state index in [1.807, 2.05) is 24.3 Å². The van der Waals surface area contributed by atoms with Crippen LogP contribution in [-0.2, 0) is 6.42 Å². The molecule has 0 radical (unpaired) electrons. The first-order valence-corrected chi connectivity index (χ1v) is 9.76. The van der Waals surface area contributed by atoms with Crippen molar-refractivity contribution in [2.75, 3.05) is 0 Å². The van der Waals surface area contributed by atoms with Crippen LogP contribution < -0.4 is 0 Å². The smallest absolute Gasteiger partial charge is 0.195 e. The van der Waals surface area contributed by atoms with Gasteiger partial charge in [-0.2, -0.15) is 0 Å². The summed E-state index contributed by atoms with van der Waals surface area (Å²) in [6.45, 7) is 0. The minimum absolute atomic E-state index is 0.0704. The highest BCUT2D eigenvalue weighted by Gasteiger charge is 2.32. The van der Waals surface area contributed by atoms with Gasteiger partial charge in [-0.3, -0.25) is 9.59 Å². The highest BCUT2D eigenvalue weighted by molar-refractivity contribution is 6.30. The van der Waals surface area contributed by atoms with Crippen LogP contribution in [0.3, 0.4) is 0 Å². The molecule has 0 atom stereocenters. The third-order valence-electron chi connectivity index (χ3n) is 6.09. The molecular weight excluding hydrogens is 356 g/mol. The molecule has 4 aromatic carbocycles. The van der Waals surface area contributed by atoms with E-state index in [1.54, 1.807) is 24.3 Å². The number of rotatable bonds is 1. The summed E-state index contributed by atoms with van der Waals surface area (Å²) in [5.74, 6) is -0.146. The maximum atomic E-state index is 13.4. The standard InChI is InChI=1S/C27H16O2/c28-26-21-9-3-4-10-22(21)27(29)25-20(13-6-14-23(25)26)19-12-5-11-18-17-8-2-1-7-16(17)15-24(18)19/h1-14H,15H2. The Bertz CT molecular complexity index is 1360. The fourth-order valence-corrected chi connectivity index (χ4v) is 4.78. The van der Waals surface area contributed by atoms with Crippen molar-refractivity contribution in [3.63, 3.8) is 0 Å². The van der Waals surface area contributed by atoms with Gasteiger partial charge >= 0.3 is 0 Å². The fourth-order valence-electron chi connectivity index (χ4n) is 4.78. The number of fused-ring (bicyclic) bond motifs is 5. The summed E-state index contributed by atoms with van der Waals surface area (Å²) in [6.07, 6.45) is 0.837. The van der Waals surface area contributed by atoms with Gasteiger partial charge in [0, 0.05) is 22.3 Å². The van der Waals surface area contributed by atoms with E-state index in [2.05, 4.69) is 36.4 Å².